The van der Waals surface area contributed by atoms with E-state index in [1.54, 1.807) is 51.8 Å². The molecule has 1 N–H and O–H groups in total. The normalized spacial score (nSPS) is 10.5. The average Bonchev–Trinajstić information content (AvgIpc) is 2.55. The Hall–Kier alpha value is -2.54. The number of hydrogen-bond acceptors (Lipinski definition) is 7. The molecule has 0 radical (unpaired) electrons. The number of nitrogens with zero attached hydrogens (tertiary/aromatic N) is 3. The lowest BCUT2D eigenvalue weighted by Crippen LogP contribution is -1.98. The van der Waals surface area contributed by atoms with Gasteiger partial charge in [-0.15, -0.1) is 10.2 Å². The molecule has 7 nitrogen and oxygen atoms in total. The lowest BCUT2D eigenvalue weighted by atomic mass is 10.2. The highest BCUT2D eigenvalue weighted by molar-refractivity contribution is 6.29. The van der Waals surface area contributed by atoms with Gasteiger partial charge in [-0.3, -0.25) is 5.43 Å². The number of hydrazone groups is 1. The van der Waals surface area contributed by atoms with Crippen LogP contribution in [-0.2, 0) is 0 Å². The quantitative estimate of drug-likeness (QED) is 0.650. The topological polar surface area (TPSA) is 77.9 Å². The van der Waals surface area contributed by atoms with Crippen molar-refractivity contribution in [3.63, 3.8) is 0 Å². The Labute approximate surface area is 132 Å². The van der Waals surface area contributed by atoms with Crippen molar-refractivity contribution in [2.45, 2.75) is 0 Å². The Morgan fingerprint density at radius 1 is 1.05 bits per heavy atom. The van der Waals surface area contributed by atoms with Gasteiger partial charge >= 0.3 is 0 Å². The lowest BCUT2D eigenvalue weighted by Gasteiger charge is -2.12. The number of benzene rings is 1. The Kier molecular flexibility index (Phi) is 5.37. The predicted octanol–water partition coefficient (Wildman–Crippen LogP) is 2.60. The second-order valence-corrected chi connectivity index (χ2v) is 4.46. The van der Waals surface area contributed by atoms with E-state index in [1.165, 1.54) is 0 Å². The summed E-state index contributed by atoms with van der Waals surface area (Å²) in [4.78, 5) is 0. The fraction of sp³-hybridized carbons (Fsp3) is 0.214. The minimum atomic E-state index is 0.319. The summed E-state index contributed by atoms with van der Waals surface area (Å²) in [5.41, 5.74) is 3.52. The fourth-order valence-electron chi connectivity index (χ4n) is 1.72. The van der Waals surface area contributed by atoms with E-state index in [2.05, 4.69) is 20.7 Å². The Bertz CT molecular complexity index is 637. The molecule has 0 bridgehead atoms. The number of ether oxygens (including phenoxy) is 3. The second-order valence-electron chi connectivity index (χ2n) is 4.07. The zero-order valence-corrected chi connectivity index (χ0v) is 13.1. The van der Waals surface area contributed by atoms with Crippen LogP contribution in [0.1, 0.15) is 5.56 Å². The second kappa shape index (κ2) is 7.46. The van der Waals surface area contributed by atoms with Crippen molar-refractivity contribution in [2.24, 2.45) is 5.10 Å². The van der Waals surface area contributed by atoms with Gasteiger partial charge in [-0.05, 0) is 24.3 Å². The molecule has 0 amide bonds. The predicted molar refractivity (Wildman–Crippen MR) is 84.4 cm³/mol. The molecule has 0 atom stereocenters. The van der Waals surface area contributed by atoms with Crippen LogP contribution in [0.5, 0.6) is 17.2 Å². The molecule has 0 aliphatic carbocycles. The molecule has 1 aromatic carbocycles. The van der Waals surface area contributed by atoms with Gasteiger partial charge < -0.3 is 14.2 Å². The maximum atomic E-state index is 5.66. The van der Waals surface area contributed by atoms with Gasteiger partial charge in [0, 0.05) is 5.56 Å². The van der Waals surface area contributed by atoms with E-state index < -0.39 is 0 Å². The zero-order chi connectivity index (χ0) is 15.9. The molecule has 8 heteroatoms. The van der Waals surface area contributed by atoms with E-state index in [-0.39, 0.29) is 0 Å². The summed E-state index contributed by atoms with van der Waals surface area (Å²) >= 11 is 5.66. The zero-order valence-electron chi connectivity index (χ0n) is 12.3. The Morgan fingerprint density at radius 3 is 2.23 bits per heavy atom. The molecule has 22 heavy (non-hydrogen) atoms. The molecule has 0 unspecified atom stereocenters. The number of methoxy groups -OCH3 is 3. The minimum absolute atomic E-state index is 0.319. The number of rotatable bonds is 6. The summed E-state index contributed by atoms with van der Waals surface area (Å²) in [6.07, 6.45) is 1.60. The first kappa shape index (κ1) is 15.8. The van der Waals surface area contributed by atoms with Gasteiger partial charge in [-0.25, -0.2) is 0 Å². The monoisotopic (exact) mass is 322 g/mol. The van der Waals surface area contributed by atoms with E-state index in [0.29, 0.717) is 28.2 Å². The van der Waals surface area contributed by atoms with Crippen molar-refractivity contribution in [3.8, 4) is 17.2 Å². The molecular formula is C14H15ClN4O3. The maximum absolute atomic E-state index is 5.66. The van der Waals surface area contributed by atoms with Crippen LogP contribution in [0.3, 0.4) is 0 Å². The third-order valence-corrected chi connectivity index (χ3v) is 2.91. The first-order valence-corrected chi connectivity index (χ1v) is 6.64. The standard InChI is InChI=1S/C14H15ClN4O3/c1-20-10-6-9(7-11(21-2)14(10)22-3)8-16-18-13-5-4-12(15)17-19-13/h4-8H,1-3H3,(H,18,19). The van der Waals surface area contributed by atoms with Gasteiger partial charge in [-0.2, -0.15) is 5.10 Å². The first-order valence-electron chi connectivity index (χ1n) is 6.26. The van der Waals surface area contributed by atoms with Crippen molar-refractivity contribution >= 4 is 23.6 Å². The van der Waals surface area contributed by atoms with E-state index in [0.717, 1.165) is 5.56 Å². The summed E-state index contributed by atoms with van der Waals surface area (Å²) in [6.45, 7) is 0. The van der Waals surface area contributed by atoms with Crippen LogP contribution in [0.4, 0.5) is 5.82 Å². The van der Waals surface area contributed by atoms with Crippen molar-refractivity contribution in [1.82, 2.24) is 10.2 Å². The van der Waals surface area contributed by atoms with Crippen molar-refractivity contribution in [2.75, 3.05) is 26.8 Å². The van der Waals surface area contributed by atoms with Crippen LogP contribution in [0, 0.1) is 0 Å². The van der Waals surface area contributed by atoms with Gasteiger partial charge in [0.25, 0.3) is 0 Å². The number of nitrogens with one attached hydrogen (secondary N) is 1. The number of aromatic nitrogens is 2. The summed E-state index contributed by atoms with van der Waals surface area (Å²) < 4.78 is 15.8. The molecule has 0 spiro atoms. The maximum Gasteiger partial charge on any atom is 0.203 e. The van der Waals surface area contributed by atoms with Gasteiger partial charge in [0.05, 0.1) is 27.5 Å². The Balaban J connectivity index is 2.18. The molecule has 2 aromatic rings. The van der Waals surface area contributed by atoms with Crippen LogP contribution >= 0.6 is 11.6 Å². The smallest absolute Gasteiger partial charge is 0.203 e. The molecule has 0 saturated heterocycles. The molecule has 1 heterocycles. The average molecular weight is 323 g/mol. The van der Waals surface area contributed by atoms with Gasteiger partial charge in [0.15, 0.2) is 22.5 Å². The van der Waals surface area contributed by atoms with Crippen molar-refractivity contribution in [3.05, 3.63) is 35.0 Å². The molecule has 0 saturated carbocycles. The van der Waals surface area contributed by atoms with Crippen LogP contribution < -0.4 is 19.6 Å². The van der Waals surface area contributed by atoms with Crippen LogP contribution in [0.15, 0.2) is 29.4 Å². The highest BCUT2D eigenvalue weighted by Crippen LogP contribution is 2.37. The van der Waals surface area contributed by atoms with E-state index in [1.807, 2.05) is 0 Å². The number of hydrogen-bond donors (Lipinski definition) is 1. The van der Waals surface area contributed by atoms with Crippen LogP contribution in [0.25, 0.3) is 0 Å². The van der Waals surface area contributed by atoms with E-state index in [4.69, 9.17) is 25.8 Å². The summed E-state index contributed by atoms with van der Waals surface area (Å²) in [6, 6.07) is 6.84. The summed E-state index contributed by atoms with van der Waals surface area (Å²) in [5, 5.41) is 11.9. The minimum Gasteiger partial charge on any atom is -0.493 e. The summed E-state index contributed by atoms with van der Waals surface area (Å²) in [5.74, 6) is 2.11. The third kappa shape index (κ3) is 3.76. The molecule has 116 valence electrons. The Morgan fingerprint density at radius 2 is 1.73 bits per heavy atom. The highest BCUT2D eigenvalue weighted by atomic mass is 35.5. The first-order chi connectivity index (χ1) is 10.7. The van der Waals surface area contributed by atoms with Crippen molar-refractivity contribution in [1.29, 1.82) is 0 Å². The van der Waals surface area contributed by atoms with E-state index >= 15 is 0 Å². The molecule has 2 rings (SSSR count). The summed E-state index contributed by atoms with van der Waals surface area (Å²) in [7, 11) is 4.66. The molecule has 0 aliphatic rings. The van der Waals surface area contributed by atoms with Gasteiger partial charge in [-0.1, -0.05) is 11.6 Å². The molecule has 0 aliphatic heterocycles. The van der Waals surface area contributed by atoms with Gasteiger partial charge in [0.2, 0.25) is 5.75 Å². The molecule has 0 fully saturated rings. The largest absolute Gasteiger partial charge is 0.493 e. The van der Waals surface area contributed by atoms with Gasteiger partial charge in [0.1, 0.15) is 0 Å². The number of anilines is 1. The highest BCUT2D eigenvalue weighted by Gasteiger charge is 2.12. The number of halogens is 1. The third-order valence-electron chi connectivity index (χ3n) is 2.71. The molecule has 1 aromatic heterocycles. The van der Waals surface area contributed by atoms with Crippen molar-refractivity contribution < 1.29 is 14.2 Å². The molecular weight excluding hydrogens is 308 g/mol. The van der Waals surface area contributed by atoms with E-state index in [9.17, 15) is 0 Å². The SMILES string of the molecule is COc1cc(C=NNc2ccc(Cl)nn2)cc(OC)c1OC. The fourth-order valence-corrected chi connectivity index (χ4v) is 1.83. The van der Waals surface area contributed by atoms with Crippen LogP contribution in [-0.4, -0.2) is 37.7 Å². The van der Waals surface area contributed by atoms with Crippen LogP contribution in [0.2, 0.25) is 5.15 Å². The lowest BCUT2D eigenvalue weighted by molar-refractivity contribution is 0.324.